The molecule has 11 heavy (non-hydrogen) atoms. The second-order valence-corrected chi connectivity index (χ2v) is 0.893. The van der Waals surface area contributed by atoms with Crippen molar-refractivity contribution in [2.45, 2.75) is 0 Å². The molecule has 0 bridgehead atoms. The molecule has 0 radical (unpaired) electrons. The van der Waals surface area contributed by atoms with Crippen LogP contribution in [0.3, 0.4) is 0 Å². The SMILES string of the molecule is O=C(O)C(=O)O.O=C(O)O.[Ba+2].[H-].[H-]. The monoisotopic (exact) mass is 292 g/mol. The Morgan fingerprint density at radius 3 is 0.909 bits per heavy atom. The van der Waals surface area contributed by atoms with Gasteiger partial charge in [-0.3, -0.25) is 0 Å². The smallest absolute Gasteiger partial charge is 1.00 e. The zero-order chi connectivity index (χ0) is 8.73. The van der Waals surface area contributed by atoms with Crippen LogP contribution >= 0.6 is 0 Å². The van der Waals surface area contributed by atoms with Gasteiger partial charge in [0, 0.05) is 0 Å². The van der Waals surface area contributed by atoms with Crippen molar-refractivity contribution in [2.24, 2.45) is 0 Å². The zero-order valence-electron chi connectivity index (χ0n) is 7.22. The van der Waals surface area contributed by atoms with Gasteiger partial charge >= 0.3 is 67.0 Å². The van der Waals surface area contributed by atoms with E-state index in [2.05, 4.69) is 0 Å². The molecule has 0 fully saturated rings. The zero-order valence-corrected chi connectivity index (χ0v) is 9.66. The van der Waals surface area contributed by atoms with Gasteiger partial charge in [-0.1, -0.05) is 0 Å². The summed E-state index contributed by atoms with van der Waals surface area (Å²) in [6.45, 7) is 0. The van der Waals surface area contributed by atoms with Crippen LogP contribution in [-0.2, 0) is 9.59 Å². The minimum atomic E-state index is -1.83. The van der Waals surface area contributed by atoms with E-state index in [4.69, 9.17) is 34.8 Å². The average molecular weight is 291 g/mol. The summed E-state index contributed by atoms with van der Waals surface area (Å²) >= 11 is 0. The molecular weight excluding hydrogens is 285 g/mol. The summed E-state index contributed by atoms with van der Waals surface area (Å²) in [6, 6.07) is 0. The molecule has 4 N–H and O–H groups in total. The summed E-state index contributed by atoms with van der Waals surface area (Å²) in [4.78, 5) is 26.8. The first kappa shape index (κ1) is 17.0. The van der Waals surface area contributed by atoms with E-state index in [0.29, 0.717) is 0 Å². The van der Waals surface area contributed by atoms with Crippen molar-refractivity contribution in [3.8, 4) is 0 Å². The third-order valence-electron chi connectivity index (χ3n) is 0.183. The Morgan fingerprint density at radius 1 is 0.818 bits per heavy atom. The number of hydrogen-bond donors (Lipinski definition) is 4. The van der Waals surface area contributed by atoms with Gasteiger partial charge < -0.3 is 23.3 Å². The third-order valence-corrected chi connectivity index (χ3v) is 0.183. The maximum atomic E-state index is 9.10. The second-order valence-electron chi connectivity index (χ2n) is 0.893. The maximum Gasteiger partial charge on any atom is 2.00 e. The fourth-order valence-corrected chi connectivity index (χ4v) is 0. The van der Waals surface area contributed by atoms with Crippen molar-refractivity contribution >= 4 is 67.0 Å². The quantitative estimate of drug-likeness (QED) is 0.340. The van der Waals surface area contributed by atoms with Gasteiger partial charge in [-0.15, -0.1) is 0 Å². The maximum absolute atomic E-state index is 9.10. The van der Waals surface area contributed by atoms with E-state index in [-0.39, 0.29) is 51.7 Å². The molecule has 0 aromatic carbocycles. The first-order valence-electron chi connectivity index (χ1n) is 1.76. The average Bonchev–Trinajstić information content (AvgIpc) is 1.63. The fraction of sp³-hybridized carbons (Fsp3) is 0. The Hall–Kier alpha value is -0.219. The molecule has 62 valence electrons. The molecule has 0 saturated carbocycles. The molecule has 0 aliphatic carbocycles. The van der Waals surface area contributed by atoms with Crippen molar-refractivity contribution < 1.29 is 37.7 Å². The van der Waals surface area contributed by atoms with Gasteiger partial charge in [0.05, 0.1) is 0 Å². The normalized spacial score (nSPS) is 6.18. The predicted octanol–water partition coefficient (Wildman–Crippen LogP) is -0.778. The van der Waals surface area contributed by atoms with E-state index in [0.717, 1.165) is 0 Å². The standard InChI is InChI=1S/C2H2O4.CH2O3.Ba.2H/c3-1(4)2(5)6;2-1(3)4;;;/h(H,3,4)(H,5,6);(H2,2,3,4);;;/q;;+2;2*-1. The number of carboxylic acid groups (broad SMARTS) is 4. The molecule has 0 saturated heterocycles. The molecule has 0 amide bonds. The summed E-state index contributed by atoms with van der Waals surface area (Å²) in [5.74, 6) is -3.65. The molecule has 0 unspecified atom stereocenters. The number of aliphatic carboxylic acids is 2. The van der Waals surface area contributed by atoms with Crippen LogP contribution in [-0.4, -0.2) is 87.4 Å². The molecule has 0 aromatic heterocycles. The van der Waals surface area contributed by atoms with Crippen LogP contribution in [0.1, 0.15) is 2.85 Å². The largest absolute Gasteiger partial charge is 2.00 e. The first-order valence-corrected chi connectivity index (χ1v) is 1.76. The number of carbonyl (C=O) groups is 3. The molecule has 0 aliphatic rings. The van der Waals surface area contributed by atoms with E-state index in [9.17, 15) is 0 Å². The van der Waals surface area contributed by atoms with Crippen LogP contribution in [0.5, 0.6) is 0 Å². The van der Waals surface area contributed by atoms with Crippen molar-refractivity contribution in [1.29, 1.82) is 0 Å². The van der Waals surface area contributed by atoms with E-state index >= 15 is 0 Å². The number of hydrogen-bond acceptors (Lipinski definition) is 3. The molecule has 0 aliphatic heterocycles. The van der Waals surface area contributed by atoms with Crippen LogP contribution in [0.4, 0.5) is 4.79 Å². The van der Waals surface area contributed by atoms with Gasteiger partial charge in [0.2, 0.25) is 0 Å². The third kappa shape index (κ3) is 41.4. The van der Waals surface area contributed by atoms with E-state index in [1.807, 2.05) is 0 Å². The van der Waals surface area contributed by atoms with Crippen molar-refractivity contribution in [1.82, 2.24) is 0 Å². The molecule has 0 rings (SSSR count). The summed E-state index contributed by atoms with van der Waals surface area (Å²) in [6.07, 6.45) is -1.83. The van der Waals surface area contributed by atoms with Crippen LogP contribution in [0.2, 0.25) is 0 Å². The Bertz CT molecular complexity index is 144. The van der Waals surface area contributed by atoms with Gasteiger partial charge in [-0.2, -0.15) is 0 Å². The first-order chi connectivity index (χ1) is 4.37. The second kappa shape index (κ2) is 9.78. The summed E-state index contributed by atoms with van der Waals surface area (Å²) < 4.78 is 0. The van der Waals surface area contributed by atoms with Crippen molar-refractivity contribution in [3.05, 3.63) is 0 Å². The van der Waals surface area contributed by atoms with E-state index < -0.39 is 18.1 Å². The minimum Gasteiger partial charge on any atom is -1.00 e. The van der Waals surface area contributed by atoms with Crippen LogP contribution in [0.15, 0.2) is 0 Å². The van der Waals surface area contributed by atoms with Crippen LogP contribution < -0.4 is 0 Å². The molecule has 0 atom stereocenters. The molecule has 0 aromatic rings. The van der Waals surface area contributed by atoms with Gasteiger partial charge in [-0.05, 0) is 0 Å². The number of rotatable bonds is 0. The Kier molecular flexibility index (Phi) is 15.1. The molecule has 0 spiro atoms. The minimum absolute atomic E-state index is 0. The van der Waals surface area contributed by atoms with Crippen molar-refractivity contribution in [3.63, 3.8) is 0 Å². The summed E-state index contributed by atoms with van der Waals surface area (Å²) in [7, 11) is 0. The summed E-state index contributed by atoms with van der Waals surface area (Å²) in [5, 5.41) is 28.7. The Labute approximate surface area is 104 Å². The Morgan fingerprint density at radius 2 is 0.909 bits per heavy atom. The van der Waals surface area contributed by atoms with E-state index in [1.165, 1.54) is 0 Å². The van der Waals surface area contributed by atoms with Crippen LogP contribution in [0, 0.1) is 0 Å². The summed E-state index contributed by atoms with van der Waals surface area (Å²) in [5.41, 5.74) is 0. The molecular formula is C3H6BaO7. The van der Waals surface area contributed by atoms with Gasteiger partial charge in [0.25, 0.3) is 0 Å². The molecule has 0 heterocycles. The molecule has 7 nitrogen and oxygen atoms in total. The van der Waals surface area contributed by atoms with Gasteiger partial charge in [-0.25, -0.2) is 14.4 Å². The molecule has 8 heteroatoms. The van der Waals surface area contributed by atoms with Gasteiger partial charge in [0.15, 0.2) is 0 Å². The van der Waals surface area contributed by atoms with E-state index in [1.54, 1.807) is 0 Å². The van der Waals surface area contributed by atoms with Crippen molar-refractivity contribution in [2.75, 3.05) is 0 Å². The Balaban J connectivity index is -0.0000000279. The van der Waals surface area contributed by atoms with Gasteiger partial charge in [0.1, 0.15) is 0 Å². The fourth-order valence-electron chi connectivity index (χ4n) is 0. The number of carboxylic acids is 2. The predicted molar refractivity (Wildman–Crippen MR) is 33.9 cm³/mol. The topological polar surface area (TPSA) is 132 Å². The van der Waals surface area contributed by atoms with Crippen LogP contribution in [0.25, 0.3) is 0 Å².